The van der Waals surface area contributed by atoms with Crippen LogP contribution in [0.5, 0.6) is 0 Å². The molecule has 5 heteroatoms. The lowest BCUT2D eigenvalue weighted by atomic mass is 10.6. The van der Waals surface area contributed by atoms with Crippen molar-refractivity contribution in [1.82, 2.24) is 14.8 Å². The van der Waals surface area contributed by atoms with E-state index in [1.54, 1.807) is 13.8 Å². The lowest BCUT2D eigenvalue weighted by molar-refractivity contribution is -0.118. The second-order valence-electron chi connectivity index (χ2n) is 2.33. The molecule has 1 amide bonds. The molecule has 0 saturated heterocycles. The van der Waals surface area contributed by atoms with Crippen LogP contribution in [0.4, 0.5) is 0 Å². The summed E-state index contributed by atoms with van der Waals surface area (Å²) in [4.78, 5) is 14.5. The van der Waals surface area contributed by atoms with Gasteiger partial charge in [0.15, 0.2) is 0 Å². The number of amides is 1. The molecule has 1 heterocycles. The molecule has 0 aliphatic carbocycles. The molecular formula is C6H10N4O. The highest BCUT2D eigenvalue weighted by molar-refractivity contribution is 5.73. The summed E-state index contributed by atoms with van der Waals surface area (Å²) >= 11 is 0. The van der Waals surface area contributed by atoms with E-state index in [1.807, 2.05) is 0 Å². The third kappa shape index (κ3) is 1.76. The second kappa shape index (κ2) is 2.69. The molecule has 2 N–H and O–H groups in total. The van der Waals surface area contributed by atoms with Gasteiger partial charge in [-0.05, 0) is 13.8 Å². The van der Waals surface area contributed by atoms with Gasteiger partial charge in [-0.15, -0.1) is 0 Å². The molecule has 0 fully saturated rings. The second-order valence-corrected chi connectivity index (χ2v) is 2.33. The van der Waals surface area contributed by atoms with Crippen molar-refractivity contribution >= 4 is 5.91 Å². The normalized spacial score (nSPS) is 10.0. The van der Waals surface area contributed by atoms with Crippen molar-refractivity contribution in [2.45, 2.75) is 20.4 Å². The summed E-state index contributed by atoms with van der Waals surface area (Å²) in [6.07, 6.45) is 0. The van der Waals surface area contributed by atoms with Crippen LogP contribution in [0.25, 0.3) is 0 Å². The Morgan fingerprint density at radius 2 is 2.27 bits per heavy atom. The minimum absolute atomic E-state index is 0.104. The summed E-state index contributed by atoms with van der Waals surface area (Å²) in [6.45, 7) is 3.65. The van der Waals surface area contributed by atoms with Crippen LogP contribution in [-0.4, -0.2) is 20.7 Å². The first-order valence-electron chi connectivity index (χ1n) is 3.26. The molecule has 1 aromatic rings. The van der Waals surface area contributed by atoms with Crippen molar-refractivity contribution in [3.63, 3.8) is 0 Å². The van der Waals surface area contributed by atoms with E-state index in [4.69, 9.17) is 5.73 Å². The smallest absolute Gasteiger partial charge is 0.239 e. The highest BCUT2D eigenvalue weighted by Crippen LogP contribution is 1.94. The molecule has 0 radical (unpaired) electrons. The highest BCUT2D eigenvalue weighted by atomic mass is 16.1. The van der Waals surface area contributed by atoms with E-state index in [0.717, 1.165) is 0 Å². The summed E-state index contributed by atoms with van der Waals surface area (Å²) in [5.74, 6) is 0.961. The minimum atomic E-state index is -0.405. The predicted molar refractivity (Wildman–Crippen MR) is 38.7 cm³/mol. The minimum Gasteiger partial charge on any atom is -0.368 e. The van der Waals surface area contributed by atoms with Gasteiger partial charge in [0.05, 0.1) is 0 Å². The number of nitrogens with two attached hydrogens (primary N) is 1. The third-order valence-electron chi connectivity index (χ3n) is 1.27. The predicted octanol–water partition coefficient (Wildman–Crippen LogP) is -0.620. The molecule has 5 nitrogen and oxygen atoms in total. The van der Waals surface area contributed by atoms with Crippen LogP contribution in [0.1, 0.15) is 11.6 Å². The molecule has 60 valence electrons. The Morgan fingerprint density at radius 3 is 2.64 bits per heavy atom. The number of nitrogens with zero attached hydrogens (tertiary/aromatic N) is 3. The van der Waals surface area contributed by atoms with Crippen LogP contribution >= 0.6 is 0 Å². The number of carbonyl (C=O) groups excluding carboxylic acids is 1. The van der Waals surface area contributed by atoms with Crippen LogP contribution in [0.3, 0.4) is 0 Å². The fourth-order valence-corrected chi connectivity index (χ4v) is 0.859. The molecule has 0 atom stereocenters. The Morgan fingerprint density at radius 1 is 1.64 bits per heavy atom. The molecule has 0 spiro atoms. The Hall–Kier alpha value is -1.39. The van der Waals surface area contributed by atoms with Gasteiger partial charge in [0.1, 0.15) is 18.2 Å². The van der Waals surface area contributed by atoms with Gasteiger partial charge in [-0.2, -0.15) is 5.10 Å². The van der Waals surface area contributed by atoms with E-state index in [9.17, 15) is 4.79 Å². The molecule has 0 bridgehead atoms. The fraction of sp³-hybridized carbons (Fsp3) is 0.500. The lowest BCUT2D eigenvalue weighted by Crippen LogP contribution is -2.20. The molecule has 1 aromatic heterocycles. The average molecular weight is 154 g/mol. The number of rotatable bonds is 2. The largest absolute Gasteiger partial charge is 0.368 e. The van der Waals surface area contributed by atoms with Crippen molar-refractivity contribution in [3.05, 3.63) is 11.6 Å². The first kappa shape index (κ1) is 7.71. The maximum atomic E-state index is 10.5. The van der Waals surface area contributed by atoms with Crippen molar-refractivity contribution < 1.29 is 4.79 Å². The van der Waals surface area contributed by atoms with Crippen molar-refractivity contribution in [1.29, 1.82) is 0 Å². The summed E-state index contributed by atoms with van der Waals surface area (Å²) in [5, 5.41) is 3.96. The van der Waals surface area contributed by atoms with E-state index in [2.05, 4.69) is 10.1 Å². The number of aryl methyl sites for hydroxylation is 2. The van der Waals surface area contributed by atoms with Gasteiger partial charge in [0.25, 0.3) is 0 Å². The maximum Gasteiger partial charge on any atom is 0.239 e. The Kier molecular flexibility index (Phi) is 1.89. The summed E-state index contributed by atoms with van der Waals surface area (Å²) in [5.41, 5.74) is 4.98. The van der Waals surface area contributed by atoms with Gasteiger partial charge in [0.2, 0.25) is 5.91 Å². The van der Waals surface area contributed by atoms with Crippen molar-refractivity contribution in [2.24, 2.45) is 5.73 Å². The molecule has 0 aliphatic heterocycles. The van der Waals surface area contributed by atoms with E-state index >= 15 is 0 Å². The third-order valence-corrected chi connectivity index (χ3v) is 1.27. The van der Waals surface area contributed by atoms with Gasteiger partial charge in [-0.1, -0.05) is 0 Å². The Bertz CT molecular complexity index is 278. The molecule has 1 rings (SSSR count). The highest BCUT2D eigenvalue weighted by Gasteiger charge is 2.03. The zero-order valence-electron chi connectivity index (χ0n) is 6.53. The van der Waals surface area contributed by atoms with Crippen molar-refractivity contribution in [3.8, 4) is 0 Å². The lowest BCUT2D eigenvalue weighted by Gasteiger charge is -1.96. The molecule has 0 unspecified atom stereocenters. The number of aromatic nitrogens is 3. The Labute approximate surface area is 64.2 Å². The van der Waals surface area contributed by atoms with Crippen LogP contribution in [0, 0.1) is 13.8 Å². The Balaban J connectivity index is 2.85. The monoisotopic (exact) mass is 154 g/mol. The maximum absolute atomic E-state index is 10.5. The van der Waals surface area contributed by atoms with Gasteiger partial charge < -0.3 is 5.73 Å². The van der Waals surface area contributed by atoms with Gasteiger partial charge in [0, 0.05) is 0 Å². The summed E-state index contributed by atoms with van der Waals surface area (Å²) in [7, 11) is 0. The van der Waals surface area contributed by atoms with E-state index in [1.165, 1.54) is 4.68 Å². The van der Waals surface area contributed by atoms with Gasteiger partial charge >= 0.3 is 0 Å². The molecular weight excluding hydrogens is 144 g/mol. The standard InChI is InChI=1S/C6H10N4O/c1-4-8-5(2)10(9-4)3-6(7)11/h3H2,1-2H3,(H2,7,11). The topological polar surface area (TPSA) is 73.8 Å². The van der Waals surface area contributed by atoms with Gasteiger partial charge in [-0.25, -0.2) is 9.67 Å². The average Bonchev–Trinajstić information content (AvgIpc) is 2.09. The van der Waals surface area contributed by atoms with Crippen LogP contribution < -0.4 is 5.73 Å². The zero-order chi connectivity index (χ0) is 8.43. The molecule has 11 heavy (non-hydrogen) atoms. The molecule has 0 aliphatic rings. The SMILES string of the molecule is Cc1nc(C)n(CC(N)=O)n1. The molecule has 0 saturated carbocycles. The number of primary amides is 1. The zero-order valence-corrected chi connectivity index (χ0v) is 6.53. The van der Waals surface area contributed by atoms with E-state index in [0.29, 0.717) is 11.6 Å². The summed E-state index contributed by atoms with van der Waals surface area (Å²) < 4.78 is 1.48. The van der Waals surface area contributed by atoms with Gasteiger partial charge in [-0.3, -0.25) is 4.79 Å². The number of hydrogen-bond acceptors (Lipinski definition) is 3. The van der Waals surface area contributed by atoms with Crippen LogP contribution in [0.2, 0.25) is 0 Å². The number of hydrogen-bond donors (Lipinski definition) is 1. The first-order chi connectivity index (χ1) is 5.09. The van der Waals surface area contributed by atoms with E-state index < -0.39 is 5.91 Å². The molecule has 0 aromatic carbocycles. The summed E-state index contributed by atoms with van der Waals surface area (Å²) in [6, 6.07) is 0. The van der Waals surface area contributed by atoms with Crippen LogP contribution in [-0.2, 0) is 11.3 Å². The quantitative estimate of drug-likeness (QED) is 0.617. The first-order valence-corrected chi connectivity index (χ1v) is 3.26. The van der Waals surface area contributed by atoms with Crippen LogP contribution in [0.15, 0.2) is 0 Å². The van der Waals surface area contributed by atoms with E-state index in [-0.39, 0.29) is 6.54 Å². The number of carbonyl (C=O) groups is 1. The fourth-order valence-electron chi connectivity index (χ4n) is 0.859. The van der Waals surface area contributed by atoms with Crippen molar-refractivity contribution in [2.75, 3.05) is 0 Å².